The number of carbonyl (C=O) groups excluding carboxylic acids is 1. The summed E-state index contributed by atoms with van der Waals surface area (Å²) in [5.41, 5.74) is 2.90. The normalized spacial score (nSPS) is 15.8. The zero-order valence-electron chi connectivity index (χ0n) is 17.0. The Hall–Kier alpha value is -2.45. The highest BCUT2D eigenvalue weighted by Gasteiger charge is 2.32. The second-order valence-corrected chi connectivity index (χ2v) is 9.29. The Bertz CT molecular complexity index is 966. The number of ether oxygens (including phenoxy) is 1. The third kappa shape index (κ3) is 4.94. The number of methoxy groups -OCH3 is 1. The molecular formula is C21H27N3O4S. The van der Waals surface area contributed by atoms with Gasteiger partial charge in [0.25, 0.3) is 0 Å². The van der Waals surface area contributed by atoms with Gasteiger partial charge < -0.3 is 10.1 Å². The van der Waals surface area contributed by atoms with Crippen LogP contribution < -0.4 is 10.1 Å². The number of piperidine rings is 1. The van der Waals surface area contributed by atoms with Gasteiger partial charge in [0.1, 0.15) is 0 Å². The summed E-state index contributed by atoms with van der Waals surface area (Å²) >= 11 is 0. The van der Waals surface area contributed by atoms with Gasteiger partial charge in [-0.15, -0.1) is 0 Å². The number of aromatic nitrogens is 1. The van der Waals surface area contributed by atoms with E-state index in [4.69, 9.17) is 4.74 Å². The Morgan fingerprint density at radius 2 is 1.90 bits per heavy atom. The first-order valence-electron chi connectivity index (χ1n) is 9.65. The van der Waals surface area contributed by atoms with Crippen LogP contribution in [0.15, 0.2) is 41.4 Å². The number of nitrogens with one attached hydrogen (secondary N) is 1. The second kappa shape index (κ2) is 8.92. The van der Waals surface area contributed by atoms with E-state index in [2.05, 4.69) is 10.3 Å². The fraction of sp³-hybridized carbons (Fsp3) is 0.429. The fourth-order valence-electron chi connectivity index (χ4n) is 3.35. The summed E-state index contributed by atoms with van der Waals surface area (Å²) in [4.78, 5) is 16.9. The zero-order chi connectivity index (χ0) is 21.0. The molecule has 1 aliphatic rings. The highest BCUT2D eigenvalue weighted by molar-refractivity contribution is 7.89. The number of amides is 1. The summed E-state index contributed by atoms with van der Waals surface area (Å²) < 4.78 is 32.3. The van der Waals surface area contributed by atoms with Crippen LogP contribution in [0, 0.1) is 19.8 Å². The Morgan fingerprint density at radius 1 is 1.17 bits per heavy atom. The molecule has 0 spiro atoms. The van der Waals surface area contributed by atoms with Gasteiger partial charge in [0, 0.05) is 37.8 Å². The molecule has 0 saturated carbocycles. The molecule has 2 heterocycles. The molecule has 0 unspecified atom stereocenters. The Labute approximate surface area is 172 Å². The minimum Gasteiger partial charge on any atom is -0.481 e. The van der Waals surface area contributed by atoms with Crippen molar-refractivity contribution in [3.63, 3.8) is 0 Å². The number of hydrogen-bond donors (Lipinski definition) is 1. The van der Waals surface area contributed by atoms with E-state index in [1.54, 1.807) is 31.5 Å². The van der Waals surface area contributed by atoms with Crippen LogP contribution in [0.3, 0.4) is 0 Å². The quantitative estimate of drug-likeness (QED) is 0.780. The minimum atomic E-state index is -3.53. The number of aryl methyl sites for hydroxylation is 2. The molecule has 1 saturated heterocycles. The van der Waals surface area contributed by atoms with Crippen LogP contribution in [0.25, 0.3) is 0 Å². The van der Waals surface area contributed by atoms with Gasteiger partial charge in [-0.25, -0.2) is 13.4 Å². The molecule has 3 rings (SSSR count). The summed E-state index contributed by atoms with van der Waals surface area (Å²) in [5, 5.41) is 2.92. The maximum Gasteiger partial charge on any atom is 0.243 e. The van der Waals surface area contributed by atoms with Gasteiger partial charge in [-0.1, -0.05) is 12.1 Å². The molecular weight excluding hydrogens is 390 g/mol. The molecule has 1 aromatic carbocycles. The van der Waals surface area contributed by atoms with Gasteiger partial charge in [-0.05, 0) is 55.5 Å². The smallest absolute Gasteiger partial charge is 0.243 e. The van der Waals surface area contributed by atoms with Crippen molar-refractivity contribution in [2.24, 2.45) is 5.92 Å². The van der Waals surface area contributed by atoms with Crippen LogP contribution in [0.1, 0.15) is 29.5 Å². The lowest BCUT2D eigenvalue weighted by atomic mass is 9.97. The number of nitrogens with zero attached hydrogens (tertiary/aromatic N) is 2. The molecule has 8 heteroatoms. The molecule has 0 atom stereocenters. The Kier molecular flexibility index (Phi) is 6.54. The van der Waals surface area contributed by atoms with Crippen LogP contribution in [0.2, 0.25) is 0 Å². The van der Waals surface area contributed by atoms with E-state index in [0.717, 1.165) is 16.7 Å². The first-order valence-corrected chi connectivity index (χ1v) is 11.1. The summed E-state index contributed by atoms with van der Waals surface area (Å²) in [7, 11) is -1.98. The SMILES string of the molecule is COc1ccc(CNC(=O)C2CCN(S(=O)(=O)c3ccc(C)c(C)c3)CC2)cn1. The van der Waals surface area contributed by atoms with E-state index in [1.807, 2.05) is 26.0 Å². The predicted molar refractivity (Wildman–Crippen MR) is 110 cm³/mol. The molecule has 1 aliphatic heterocycles. The molecule has 0 aliphatic carbocycles. The van der Waals surface area contributed by atoms with Crippen LogP contribution in [-0.4, -0.2) is 43.8 Å². The number of benzene rings is 1. The van der Waals surface area contributed by atoms with E-state index >= 15 is 0 Å². The van der Waals surface area contributed by atoms with Crippen molar-refractivity contribution in [3.05, 3.63) is 53.2 Å². The van der Waals surface area contributed by atoms with E-state index in [-0.39, 0.29) is 11.8 Å². The average Bonchev–Trinajstić information content (AvgIpc) is 2.74. The molecule has 0 bridgehead atoms. The van der Waals surface area contributed by atoms with Crippen molar-refractivity contribution in [1.82, 2.24) is 14.6 Å². The summed E-state index contributed by atoms with van der Waals surface area (Å²) in [6, 6.07) is 8.80. The molecule has 1 aromatic heterocycles. The van der Waals surface area contributed by atoms with E-state index in [0.29, 0.717) is 43.3 Å². The number of carbonyl (C=O) groups is 1. The summed E-state index contributed by atoms with van der Waals surface area (Å²) in [6.45, 7) is 4.94. The molecule has 1 fully saturated rings. The van der Waals surface area contributed by atoms with Crippen molar-refractivity contribution < 1.29 is 17.9 Å². The lowest BCUT2D eigenvalue weighted by molar-refractivity contribution is -0.126. The van der Waals surface area contributed by atoms with Crippen molar-refractivity contribution >= 4 is 15.9 Å². The van der Waals surface area contributed by atoms with E-state index in [9.17, 15) is 13.2 Å². The zero-order valence-corrected chi connectivity index (χ0v) is 17.8. The first-order chi connectivity index (χ1) is 13.8. The van der Waals surface area contributed by atoms with Gasteiger partial charge in [0.2, 0.25) is 21.8 Å². The molecule has 156 valence electrons. The molecule has 2 aromatic rings. The topological polar surface area (TPSA) is 88.6 Å². The number of rotatable bonds is 6. The number of sulfonamides is 1. The van der Waals surface area contributed by atoms with Crippen molar-refractivity contribution in [2.75, 3.05) is 20.2 Å². The lowest BCUT2D eigenvalue weighted by Gasteiger charge is -2.30. The minimum absolute atomic E-state index is 0.0518. The summed E-state index contributed by atoms with van der Waals surface area (Å²) in [5.74, 6) is 0.286. The molecule has 0 radical (unpaired) electrons. The van der Waals surface area contributed by atoms with Gasteiger partial charge in [0.05, 0.1) is 12.0 Å². The second-order valence-electron chi connectivity index (χ2n) is 7.35. The third-order valence-corrected chi connectivity index (χ3v) is 7.31. The number of pyridine rings is 1. The van der Waals surface area contributed by atoms with Crippen molar-refractivity contribution in [2.45, 2.75) is 38.1 Å². The molecule has 1 N–H and O–H groups in total. The van der Waals surface area contributed by atoms with Gasteiger partial charge in [-0.2, -0.15) is 4.31 Å². The van der Waals surface area contributed by atoms with Gasteiger partial charge >= 0.3 is 0 Å². The predicted octanol–water partition coefficient (Wildman–Crippen LogP) is 2.42. The van der Waals surface area contributed by atoms with Crippen LogP contribution in [-0.2, 0) is 21.4 Å². The van der Waals surface area contributed by atoms with Crippen LogP contribution in [0.5, 0.6) is 5.88 Å². The van der Waals surface area contributed by atoms with Gasteiger partial charge in [-0.3, -0.25) is 4.79 Å². The highest BCUT2D eigenvalue weighted by Crippen LogP contribution is 2.25. The molecule has 1 amide bonds. The molecule has 7 nitrogen and oxygen atoms in total. The van der Waals surface area contributed by atoms with E-state index in [1.165, 1.54) is 4.31 Å². The number of hydrogen-bond acceptors (Lipinski definition) is 5. The maximum absolute atomic E-state index is 12.9. The van der Waals surface area contributed by atoms with E-state index < -0.39 is 10.0 Å². The maximum atomic E-state index is 12.9. The Morgan fingerprint density at radius 3 is 2.48 bits per heavy atom. The average molecular weight is 418 g/mol. The van der Waals surface area contributed by atoms with Gasteiger partial charge in [0.15, 0.2) is 0 Å². The first kappa shape index (κ1) is 21.3. The van der Waals surface area contributed by atoms with Crippen molar-refractivity contribution in [1.29, 1.82) is 0 Å². The third-order valence-electron chi connectivity index (χ3n) is 5.41. The van der Waals surface area contributed by atoms with Crippen molar-refractivity contribution in [3.8, 4) is 5.88 Å². The van der Waals surface area contributed by atoms with Crippen LogP contribution >= 0.6 is 0 Å². The van der Waals surface area contributed by atoms with Crippen LogP contribution in [0.4, 0.5) is 0 Å². The fourth-order valence-corrected chi connectivity index (χ4v) is 4.91. The standard InChI is InChI=1S/C21H27N3O4S/c1-15-4-6-19(12-16(15)2)29(26,27)24-10-8-18(9-11-24)21(25)23-14-17-5-7-20(28-3)22-13-17/h4-7,12-13,18H,8-11,14H2,1-3H3,(H,23,25). The highest BCUT2D eigenvalue weighted by atomic mass is 32.2. The summed E-state index contributed by atoms with van der Waals surface area (Å²) in [6.07, 6.45) is 2.69. The monoisotopic (exact) mass is 417 g/mol. The Balaban J connectivity index is 1.54. The lowest BCUT2D eigenvalue weighted by Crippen LogP contribution is -2.42. The molecule has 29 heavy (non-hydrogen) atoms. The largest absolute Gasteiger partial charge is 0.481 e.